The van der Waals surface area contributed by atoms with Gasteiger partial charge in [-0.3, -0.25) is 0 Å². The summed E-state index contributed by atoms with van der Waals surface area (Å²) in [6.45, 7) is 0. The van der Waals surface area contributed by atoms with E-state index < -0.39 is 0 Å². The molecule has 0 radical (unpaired) electrons. The highest BCUT2D eigenvalue weighted by Gasteiger charge is 2.23. The summed E-state index contributed by atoms with van der Waals surface area (Å²) in [5.74, 6) is 1.80. The summed E-state index contributed by atoms with van der Waals surface area (Å²) in [7, 11) is 0. The zero-order valence-corrected chi connectivity index (χ0v) is 5.59. The molecule has 0 heterocycles. The molecule has 0 amide bonds. The van der Waals surface area contributed by atoms with Crippen molar-refractivity contribution in [3.63, 3.8) is 0 Å². The molecule has 0 spiro atoms. The second-order valence-electron chi connectivity index (χ2n) is 3.03. The first-order chi connectivity index (χ1) is 4.47. The second-order valence-corrected chi connectivity index (χ2v) is 3.03. The third-order valence-corrected chi connectivity index (χ3v) is 2.45. The van der Waals surface area contributed by atoms with Crippen molar-refractivity contribution in [2.24, 2.45) is 11.8 Å². The third kappa shape index (κ3) is 7.73. The molecule has 0 aromatic carbocycles. The van der Waals surface area contributed by atoms with Crippen LogP contribution in [0.1, 0.15) is 71.2 Å². The molecule has 104 valence electrons. The van der Waals surface area contributed by atoms with E-state index >= 15 is 0 Å². The molecule has 2 aliphatic carbocycles. The van der Waals surface area contributed by atoms with E-state index in [9.17, 15) is 0 Å². The van der Waals surface area contributed by atoms with E-state index in [0.717, 1.165) is 11.8 Å². The van der Waals surface area contributed by atoms with Gasteiger partial charge in [0.15, 0.2) is 0 Å². The maximum absolute atomic E-state index is 2.36. The Balaban J connectivity index is -0.0000000357. The highest BCUT2D eigenvalue weighted by atomic mass is 14.3. The molecule has 2 atom stereocenters. The largest absolute Gasteiger partial charge is 0.0808 e. The number of hydrogen-bond donors (Lipinski definition) is 0. The first-order valence-electron chi connectivity index (χ1n) is 3.82. The molecule has 2 aliphatic rings. The van der Waals surface area contributed by atoms with Gasteiger partial charge in [0.25, 0.3) is 0 Å². The van der Waals surface area contributed by atoms with E-state index in [4.69, 9.17) is 0 Å². The normalized spacial score (nSPS) is 22.0. The van der Waals surface area contributed by atoms with Crippen LogP contribution in [-0.2, 0) is 0 Å². The Morgan fingerprint density at radius 2 is 0.875 bits per heavy atom. The van der Waals surface area contributed by atoms with Gasteiger partial charge >= 0.3 is 0 Å². The van der Waals surface area contributed by atoms with Crippen molar-refractivity contribution < 1.29 is 0 Å². The molecule has 0 aromatic heterocycles. The molecule has 1 fully saturated rings. The van der Waals surface area contributed by atoms with Crippen molar-refractivity contribution in [1.29, 1.82) is 0 Å². The predicted molar refractivity (Wildman–Crippen MR) is 86.2 cm³/mol. The second kappa shape index (κ2) is 16.9. The van der Waals surface area contributed by atoms with Gasteiger partial charge in [0.05, 0.1) is 0 Å². The average molecular weight is 232 g/mol. The van der Waals surface area contributed by atoms with Crippen molar-refractivity contribution >= 4 is 0 Å². The summed E-state index contributed by atoms with van der Waals surface area (Å²) in [5.41, 5.74) is 0. The van der Waals surface area contributed by atoms with Gasteiger partial charge in [-0.05, 0) is 24.7 Å². The molecule has 0 aromatic rings. The number of rotatable bonds is 0. The fourth-order valence-corrected chi connectivity index (χ4v) is 1.91. The Hall–Kier alpha value is -0.520. The molecule has 0 heteroatoms. The number of allylic oxidation sites excluding steroid dienone is 4. The lowest BCUT2D eigenvalue weighted by Gasteiger charge is -2.13. The van der Waals surface area contributed by atoms with Gasteiger partial charge in [0.1, 0.15) is 0 Å². The van der Waals surface area contributed by atoms with Crippen LogP contribution in [-0.4, -0.2) is 0 Å². The molecule has 0 N–H and O–H groups in total. The van der Waals surface area contributed by atoms with E-state index in [-0.39, 0.29) is 52.0 Å². The summed E-state index contributed by atoms with van der Waals surface area (Å²) in [6.07, 6.45) is 13.4. The molecule has 2 rings (SSSR count). The van der Waals surface area contributed by atoms with Crippen molar-refractivity contribution in [3.8, 4) is 0 Å². The van der Waals surface area contributed by atoms with Gasteiger partial charge in [0, 0.05) is 0 Å². The first kappa shape index (κ1) is 36.1. The Bertz CT molecular complexity index is 135. The average Bonchev–Trinajstić information content (AvgIpc) is 2.33. The van der Waals surface area contributed by atoms with E-state index in [1.807, 2.05) is 0 Å². The van der Waals surface area contributed by atoms with E-state index in [1.165, 1.54) is 19.3 Å². The number of fused-ring (bicyclic) bond motifs is 1. The van der Waals surface area contributed by atoms with Crippen LogP contribution in [0.5, 0.6) is 0 Å². The standard InChI is InChI=1S/C9H12.7CH4/c1-2-5-9-7-3-6-8(9)4-1;;;;;;;/h1-2,4-5,8-9H,3,6-7H2;7*1H4. The SMILES string of the molecule is C.C.C.C.C.C.C.C1=CC2CCCC2C=C1. The number of hydrogen-bond acceptors (Lipinski definition) is 0. The minimum Gasteiger partial charge on any atom is -0.0808 e. The summed E-state index contributed by atoms with van der Waals surface area (Å²) < 4.78 is 0. The molecule has 2 unspecified atom stereocenters. The Kier molecular flexibility index (Phi) is 38.1. The zero-order valence-electron chi connectivity index (χ0n) is 5.59. The monoisotopic (exact) mass is 232 g/mol. The summed E-state index contributed by atoms with van der Waals surface area (Å²) in [6, 6.07) is 0. The van der Waals surface area contributed by atoms with Crippen LogP contribution in [0.25, 0.3) is 0 Å². The minimum atomic E-state index is 0. The lowest BCUT2D eigenvalue weighted by molar-refractivity contribution is 0.552. The smallest absolute Gasteiger partial charge is 0.0167 e. The maximum atomic E-state index is 2.36. The summed E-state index contributed by atoms with van der Waals surface area (Å²) in [4.78, 5) is 0. The summed E-state index contributed by atoms with van der Waals surface area (Å²) >= 11 is 0. The van der Waals surface area contributed by atoms with Gasteiger partial charge in [0.2, 0.25) is 0 Å². The molecular formula is C16H40. The van der Waals surface area contributed by atoms with Crippen LogP contribution in [0, 0.1) is 11.8 Å². The zero-order chi connectivity index (χ0) is 6.10. The van der Waals surface area contributed by atoms with Crippen LogP contribution in [0.15, 0.2) is 24.3 Å². The predicted octanol–water partition coefficient (Wildman–Crippen LogP) is 6.98. The van der Waals surface area contributed by atoms with Gasteiger partial charge in [-0.1, -0.05) is 82.7 Å². The summed E-state index contributed by atoms with van der Waals surface area (Å²) in [5, 5.41) is 0. The van der Waals surface area contributed by atoms with Gasteiger partial charge in [-0.2, -0.15) is 0 Å². The van der Waals surface area contributed by atoms with Crippen molar-refractivity contribution in [2.75, 3.05) is 0 Å². The Labute approximate surface area is 108 Å². The van der Waals surface area contributed by atoms with Gasteiger partial charge in [-0.25, -0.2) is 0 Å². The lowest BCUT2D eigenvalue weighted by Crippen LogP contribution is -2.03. The van der Waals surface area contributed by atoms with Crippen molar-refractivity contribution in [3.05, 3.63) is 24.3 Å². The van der Waals surface area contributed by atoms with Crippen LogP contribution in [0.4, 0.5) is 0 Å². The molecule has 0 saturated heterocycles. The van der Waals surface area contributed by atoms with E-state index in [0.29, 0.717) is 0 Å². The Morgan fingerprint density at radius 3 is 1.19 bits per heavy atom. The van der Waals surface area contributed by atoms with E-state index in [1.54, 1.807) is 0 Å². The van der Waals surface area contributed by atoms with Gasteiger partial charge < -0.3 is 0 Å². The lowest BCUT2D eigenvalue weighted by atomic mass is 9.92. The molecule has 16 heavy (non-hydrogen) atoms. The van der Waals surface area contributed by atoms with Crippen LogP contribution < -0.4 is 0 Å². The molecule has 0 nitrogen and oxygen atoms in total. The van der Waals surface area contributed by atoms with Crippen LogP contribution in [0.3, 0.4) is 0 Å². The van der Waals surface area contributed by atoms with Crippen molar-refractivity contribution in [2.45, 2.75) is 71.2 Å². The van der Waals surface area contributed by atoms with Crippen molar-refractivity contribution in [1.82, 2.24) is 0 Å². The topological polar surface area (TPSA) is 0 Å². The quantitative estimate of drug-likeness (QED) is 0.422. The highest BCUT2D eigenvalue weighted by molar-refractivity contribution is 5.15. The minimum absolute atomic E-state index is 0. The molecule has 0 bridgehead atoms. The fourth-order valence-electron chi connectivity index (χ4n) is 1.91. The fraction of sp³-hybridized carbons (Fsp3) is 0.750. The van der Waals surface area contributed by atoms with Gasteiger partial charge in [-0.15, -0.1) is 0 Å². The van der Waals surface area contributed by atoms with E-state index in [2.05, 4.69) is 24.3 Å². The molecule has 1 saturated carbocycles. The third-order valence-electron chi connectivity index (χ3n) is 2.45. The first-order valence-corrected chi connectivity index (χ1v) is 3.82. The van der Waals surface area contributed by atoms with Crippen LogP contribution in [0.2, 0.25) is 0 Å². The van der Waals surface area contributed by atoms with Crippen LogP contribution >= 0.6 is 0 Å². The highest BCUT2D eigenvalue weighted by Crippen LogP contribution is 2.35. The molecule has 0 aliphatic heterocycles. The Morgan fingerprint density at radius 1 is 0.562 bits per heavy atom. The maximum Gasteiger partial charge on any atom is -0.0167 e. The molecular weight excluding hydrogens is 192 g/mol.